The van der Waals surface area contributed by atoms with Crippen LogP contribution in [0.1, 0.15) is 36.0 Å². The Kier molecular flexibility index (Phi) is 7.16. The van der Waals surface area contributed by atoms with Crippen molar-refractivity contribution in [1.82, 2.24) is 4.57 Å². The molecule has 49 heavy (non-hydrogen) atoms. The molecule has 7 aromatic rings. The molecule has 1 aromatic heterocycles. The predicted molar refractivity (Wildman–Crippen MR) is 211 cm³/mol. The van der Waals surface area contributed by atoms with Crippen LogP contribution in [0.4, 0.5) is 11.4 Å². The summed E-state index contributed by atoms with van der Waals surface area (Å²) in [6, 6.07) is 40.6. The van der Waals surface area contributed by atoms with Crippen molar-refractivity contribution in [3.05, 3.63) is 180 Å². The molecular weight excluding hydrogens is 593 g/mol. The maximum atomic E-state index is 4.01. The molecule has 1 heterocycles. The molecular formula is C47H38N2. The largest absolute Gasteiger partial charge is 0.317 e. The zero-order chi connectivity index (χ0) is 32.9. The quantitative estimate of drug-likeness (QED) is 0.184. The fourth-order valence-electron chi connectivity index (χ4n) is 7.94. The highest BCUT2D eigenvalue weighted by atomic mass is 15.1. The maximum Gasteiger partial charge on any atom is 0.0547 e. The van der Waals surface area contributed by atoms with E-state index in [1.165, 1.54) is 88.2 Å². The first-order valence-corrected chi connectivity index (χ1v) is 17.4. The number of aryl methyl sites for hydroxylation is 2. The molecule has 0 saturated carbocycles. The third-order valence-corrected chi connectivity index (χ3v) is 10.4. The number of fused-ring (bicyclic) bond motifs is 6. The topological polar surface area (TPSA) is 8.17 Å². The second-order valence-corrected chi connectivity index (χ2v) is 13.3. The molecule has 2 aliphatic rings. The van der Waals surface area contributed by atoms with E-state index >= 15 is 0 Å². The van der Waals surface area contributed by atoms with Gasteiger partial charge in [-0.15, -0.1) is 0 Å². The Morgan fingerprint density at radius 3 is 2.29 bits per heavy atom. The Bertz CT molecular complexity index is 2590. The van der Waals surface area contributed by atoms with Crippen LogP contribution in [0.5, 0.6) is 0 Å². The highest BCUT2D eigenvalue weighted by Crippen LogP contribution is 2.43. The summed E-state index contributed by atoms with van der Waals surface area (Å²) in [5, 5.41) is 7.56. The van der Waals surface area contributed by atoms with Crippen molar-refractivity contribution in [2.24, 2.45) is 0 Å². The number of allylic oxidation sites excluding steroid dienone is 7. The molecule has 236 valence electrons. The summed E-state index contributed by atoms with van der Waals surface area (Å²) in [4.78, 5) is 2.43. The van der Waals surface area contributed by atoms with E-state index in [1.807, 2.05) is 6.08 Å². The van der Waals surface area contributed by atoms with E-state index in [0.717, 1.165) is 25.7 Å². The molecule has 2 heteroatoms. The average Bonchev–Trinajstić information content (AvgIpc) is 3.47. The fraction of sp³-hybridized carbons (Fsp3) is 0.106. The van der Waals surface area contributed by atoms with Gasteiger partial charge in [-0.1, -0.05) is 104 Å². The van der Waals surface area contributed by atoms with Gasteiger partial charge in [-0.05, 0) is 131 Å². The highest BCUT2D eigenvalue weighted by Gasteiger charge is 2.21. The van der Waals surface area contributed by atoms with Gasteiger partial charge in [0.05, 0.1) is 11.0 Å². The van der Waals surface area contributed by atoms with Gasteiger partial charge in [-0.2, -0.15) is 0 Å². The molecule has 2 nitrogen and oxygen atoms in total. The van der Waals surface area contributed by atoms with Gasteiger partial charge >= 0.3 is 0 Å². The Morgan fingerprint density at radius 1 is 0.694 bits per heavy atom. The molecule has 0 spiro atoms. The fourth-order valence-corrected chi connectivity index (χ4v) is 7.94. The third kappa shape index (κ3) is 5.03. The Morgan fingerprint density at radius 2 is 1.45 bits per heavy atom. The molecule has 0 unspecified atom stereocenters. The molecule has 0 amide bonds. The summed E-state index contributed by atoms with van der Waals surface area (Å²) in [5.74, 6) is 0. The zero-order valence-corrected chi connectivity index (χ0v) is 27.9. The normalized spacial score (nSPS) is 15.9. The van der Waals surface area contributed by atoms with E-state index in [0.29, 0.717) is 0 Å². The summed E-state index contributed by atoms with van der Waals surface area (Å²) in [6.07, 6.45) is 19.7. The minimum absolute atomic E-state index is 0.992. The first-order valence-electron chi connectivity index (χ1n) is 17.4. The van der Waals surface area contributed by atoms with E-state index in [4.69, 9.17) is 0 Å². The van der Waals surface area contributed by atoms with Crippen molar-refractivity contribution < 1.29 is 0 Å². The van der Waals surface area contributed by atoms with E-state index in [-0.39, 0.29) is 0 Å². The Balaban J connectivity index is 1.33. The first kappa shape index (κ1) is 29.3. The first-order chi connectivity index (χ1) is 24.2. The zero-order valence-electron chi connectivity index (χ0n) is 27.9. The number of rotatable bonds is 5. The van der Waals surface area contributed by atoms with Gasteiger partial charge in [0, 0.05) is 34.0 Å². The van der Waals surface area contributed by atoms with E-state index in [2.05, 4.69) is 169 Å². The number of hydrogen-bond acceptors (Lipinski definition) is 1. The van der Waals surface area contributed by atoms with Crippen LogP contribution in [-0.2, 0) is 6.42 Å². The molecule has 0 saturated heterocycles. The molecule has 9 rings (SSSR count). The van der Waals surface area contributed by atoms with Gasteiger partial charge in [0.25, 0.3) is 0 Å². The Hall–Kier alpha value is -5.86. The Labute approximate surface area is 287 Å². The molecule has 0 aliphatic heterocycles. The monoisotopic (exact) mass is 630 g/mol. The van der Waals surface area contributed by atoms with Crippen LogP contribution in [0.25, 0.3) is 55.1 Å². The summed E-state index contributed by atoms with van der Waals surface area (Å²) in [7, 11) is 0. The van der Waals surface area contributed by atoms with Crippen molar-refractivity contribution in [3.63, 3.8) is 0 Å². The van der Waals surface area contributed by atoms with Crippen molar-refractivity contribution >= 4 is 60.8 Å². The molecule has 0 fully saturated rings. The molecule has 0 atom stereocenters. The average molecular weight is 631 g/mol. The summed E-state index contributed by atoms with van der Waals surface area (Å²) < 4.78 is 2.46. The molecule has 0 N–H and O–H groups in total. The van der Waals surface area contributed by atoms with Gasteiger partial charge < -0.3 is 9.47 Å². The van der Waals surface area contributed by atoms with Crippen LogP contribution < -0.4 is 4.90 Å². The number of nitrogens with zero attached hydrogens (tertiary/aromatic N) is 2. The minimum atomic E-state index is 0.992. The van der Waals surface area contributed by atoms with Crippen LogP contribution >= 0.6 is 0 Å². The minimum Gasteiger partial charge on any atom is -0.317 e. The van der Waals surface area contributed by atoms with Crippen molar-refractivity contribution in [3.8, 4) is 5.69 Å². The molecule has 6 aromatic carbocycles. The maximum absolute atomic E-state index is 4.01. The van der Waals surface area contributed by atoms with Gasteiger partial charge in [-0.3, -0.25) is 0 Å². The third-order valence-electron chi connectivity index (χ3n) is 10.4. The number of benzene rings is 6. The lowest BCUT2D eigenvalue weighted by Crippen LogP contribution is -2.13. The van der Waals surface area contributed by atoms with Gasteiger partial charge in [-0.25, -0.2) is 0 Å². The lowest BCUT2D eigenvalue weighted by atomic mass is 9.94. The summed E-state index contributed by atoms with van der Waals surface area (Å²) >= 11 is 0. The smallest absolute Gasteiger partial charge is 0.0547 e. The van der Waals surface area contributed by atoms with Crippen LogP contribution in [0.3, 0.4) is 0 Å². The second-order valence-electron chi connectivity index (χ2n) is 13.3. The van der Waals surface area contributed by atoms with Gasteiger partial charge in [0.1, 0.15) is 0 Å². The standard InChI is InChI=1S/C47H38N2/c1-3-12-33-13-6-11-20-40(33)31-48(41-23-21-34-14-4-7-16-36(34)27-41)44-25-26-45-47(32(44)2)43-29-38-18-9-10-19-39(38)30-46(43)49(45)42-24-22-35-15-5-8-17-37(35)28-42/h3,5-10,12-13,15-19,21-31H,1,4,11,14,20H2,2H3/b33-12-,40-31-. The van der Waals surface area contributed by atoms with Crippen LogP contribution in [-0.4, -0.2) is 4.57 Å². The lowest BCUT2D eigenvalue weighted by Gasteiger charge is -2.27. The van der Waals surface area contributed by atoms with Crippen LogP contribution in [0.15, 0.2) is 163 Å². The van der Waals surface area contributed by atoms with E-state index in [9.17, 15) is 0 Å². The SMILES string of the molecule is C=C/C=C1/C=CCC/C1=C/N(c1ccc2c(c1)C=CCC2)c1ccc2c(c1C)c1cc3ccccc3cc1n2-c1ccc2ccccc2c1. The van der Waals surface area contributed by atoms with Crippen LogP contribution in [0, 0.1) is 6.92 Å². The van der Waals surface area contributed by atoms with Crippen LogP contribution in [0.2, 0.25) is 0 Å². The van der Waals surface area contributed by atoms with Crippen molar-refractivity contribution in [2.75, 3.05) is 4.90 Å². The predicted octanol–water partition coefficient (Wildman–Crippen LogP) is 12.8. The van der Waals surface area contributed by atoms with Gasteiger partial charge in [0.2, 0.25) is 0 Å². The number of aromatic nitrogens is 1. The molecule has 0 bridgehead atoms. The van der Waals surface area contributed by atoms with Gasteiger partial charge in [0.15, 0.2) is 0 Å². The van der Waals surface area contributed by atoms with Crippen molar-refractivity contribution in [2.45, 2.75) is 32.6 Å². The molecule has 2 aliphatic carbocycles. The van der Waals surface area contributed by atoms with E-state index in [1.54, 1.807) is 0 Å². The summed E-state index contributed by atoms with van der Waals surface area (Å²) in [5.41, 5.74) is 12.5. The molecule has 0 radical (unpaired) electrons. The number of anilines is 2. The highest BCUT2D eigenvalue weighted by molar-refractivity contribution is 6.16. The lowest BCUT2D eigenvalue weighted by molar-refractivity contribution is 0.956. The summed E-state index contributed by atoms with van der Waals surface area (Å²) in [6.45, 7) is 6.32. The van der Waals surface area contributed by atoms with Crippen molar-refractivity contribution in [1.29, 1.82) is 0 Å². The van der Waals surface area contributed by atoms with E-state index < -0.39 is 0 Å². The second kappa shape index (κ2) is 12.0. The number of hydrogen-bond donors (Lipinski definition) is 0.